The first-order chi connectivity index (χ1) is 18.4. The molecule has 210 valence electrons. The van der Waals surface area contributed by atoms with Crippen molar-refractivity contribution in [3.8, 4) is 0 Å². The van der Waals surface area contributed by atoms with Gasteiger partial charge in [-0.2, -0.15) is 0 Å². The number of aliphatic hydroxyl groups is 1. The Labute approximate surface area is 233 Å². The van der Waals surface area contributed by atoms with Crippen molar-refractivity contribution in [3.63, 3.8) is 0 Å². The summed E-state index contributed by atoms with van der Waals surface area (Å²) in [6, 6.07) is 15.9. The monoisotopic (exact) mass is 573 g/mol. The zero-order valence-corrected chi connectivity index (χ0v) is 23.9. The average molecular weight is 574 g/mol. The third kappa shape index (κ3) is 10.4. The Morgan fingerprint density at radius 2 is 1.62 bits per heavy atom. The van der Waals surface area contributed by atoms with Gasteiger partial charge in [0.25, 0.3) is 0 Å². The number of benzene rings is 2. The zero-order valence-electron chi connectivity index (χ0n) is 22.2. The topological polar surface area (TPSA) is 135 Å². The van der Waals surface area contributed by atoms with Crippen LogP contribution in [0.3, 0.4) is 0 Å². The number of sulfone groups is 1. The first kappa shape index (κ1) is 30.3. The number of aromatic nitrogens is 1. The fourth-order valence-electron chi connectivity index (χ4n) is 3.89. The number of hydrogen-bond donors (Lipinski definition) is 3. The molecule has 2 aromatic carbocycles. The molecular weight excluding hydrogens is 538 g/mol. The number of amides is 2. The van der Waals surface area contributed by atoms with Gasteiger partial charge in [0, 0.05) is 11.6 Å². The number of rotatable bonds is 12. The highest BCUT2D eigenvalue weighted by Crippen LogP contribution is 2.23. The molecule has 3 atom stereocenters. The minimum absolute atomic E-state index is 0.299. The number of ether oxygens (including phenoxy) is 1. The molecule has 3 rings (SSSR count). The van der Waals surface area contributed by atoms with E-state index in [2.05, 4.69) is 15.6 Å². The maximum Gasteiger partial charge on any atom is 0.408 e. The number of carbonyl (C=O) groups is 2. The van der Waals surface area contributed by atoms with Crippen LogP contribution in [-0.4, -0.2) is 53.9 Å². The Hall–Kier alpha value is -3.28. The number of nitrogens with zero attached hydrogens (tertiary/aromatic N) is 1. The van der Waals surface area contributed by atoms with Crippen LogP contribution in [0.1, 0.15) is 49.4 Å². The lowest BCUT2D eigenvalue weighted by Gasteiger charge is -2.27. The van der Waals surface area contributed by atoms with Crippen molar-refractivity contribution >= 4 is 33.2 Å². The molecule has 9 nitrogen and oxygen atoms in total. The molecule has 0 saturated heterocycles. The summed E-state index contributed by atoms with van der Waals surface area (Å²) in [6.07, 6.45) is 0.416. The summed E-state index contributed by atoms with van der Waals surface area (Å²) in [5.74, 6) is -1.69. The molecule has 0 bridgehead atoms. The predicted octanol–water partition coefficient (Wildman–Crippen LogP) is 3.80. The third-order valence-corrected chi connectivity index (χ3v) is 8.12. The molecule has 1 heterocycles. The Bertz CT molecular complexity index is 1290. The first-order valence-electron chi connectivity index (χ1n) is 12.6. The lowest BCUT2D eigenvalue weighted by Crippen LogP contribution is -2.54. The fraction of sp³-hybridized carbons (Fsp3) is 0.393. The molecule has 39 heavy (non-hydrogen) atoms. The molecule has 0 spiro atoms. The van der Waals surface area contributed by atoms with Crippen LogP contribution in [0.5, 0.6) is 0 Å². The Kier molecular flexibility index (Phi) is 10.6. The van der Waals surface area contributed by atoms with Crippen LogP contribution in [0.15, 0.2) is 72.2 Å². The number of aryl methyl sites for hydroxylation is 1. The van der Waals surface area contributed by atoms with Crippen molar-refractivity contribution in [2.24, 2.45) is 0 Å². The average Bonchev–Trinajstić information content (AvgIpc) is 3.40. The Balaban J connectivity index is 1.81. The van der Waals surface area contributed by atoms with Gasteiger partial charge in [-0.05, 0) is 44.7 Å². The van der Waals surface area contributed by atoms with Crippen LogP contribution in [0.2, 0.25) is 0 Å². The van der Waals surface area contributed by atoms with Gasteiger partial charge >= 0.3 is 6.09 Å². The lowest BCUT2D eigenvalue weighted by molar-refractivity contribution is -0.124. The molecule has 0 radical (unpaired) electrons. The fourth-order valence-corrected chi connectivity index (χ4v) is 6.13. The third-order valence-electron chi connectivity index (χ3n) is 5.66. The molecule has 3 N–H and O–H groups in total. The number of thiazole rings is 1. The summed E-state index contributed by atoms with van der Waals surface area (Å²) >= 11 is 1.25. The summed E-state index contributed by atoms with van der Waals surface area (Å²) in [7, 11) is -3.83. The molecule has 0 aliphatic rings. The van der Waals surface area contributed by atoms with E-state index in [1.165, 1.54) is 11.3 Å². The van der Waals surface area contributed by atoms with Crippen molar-refractivity contribution in [3.05, 3.63) is 88.4 Å². The van der Waals surface area contributed by atoms with Crippen molar-refractivity contribution in [1.29, 1.82) is 0 Å². The van der Waals surface area contributed by atoms with Crippen molar-refractivity contribution < 1.29 is 27.9 Å². The number of hydrogen-bond acceptors (Lipinski definition) is 8. The SMILES string of the molecule is CC(C)(C)OC(=O)N[C@@H](CS(=O)(=O)Cc1ccccc1)C(=O)N[C@@H](CCc1ccccc1)[C@@H](O)c1nccs1. The highest BCUT2D eigenvalue weighted by atomic mass is 32.2. The van der Waals surface area contributed by atoms with Gasteiger partial charge in [0.15, 0.2) is 9.84 Å². The highest BCUT2D eigenvalue weighted by molar-refractivity contribution is 7.90. The molecule has 0 unspecified atom stereocenters. The van der Waals surface area contributed by atoms with Crippen molar-refractivity contribution in [1.82, 2.24) is 15.6 Å². The minimum Gasteiger partial charge on any atom is -0.444 e. The molecule has 0 aliphatic heterocycles. The molecule has 3 aromatic rings. The van der Waals surface area contributed by atoms with E-state index >= 15 is 0 Å². The second kappa shape index (κ2) is 13.7. The summed E-state index contributed by atoms with van der Waals surface area (Å²) in [6.45, 7) is 4.99. The number of aliphatic hydroxyl groups excluding tert-OH is 1. The Morgan fingerprint density at radius 1 is 1.00 bits per heavy atom. The predicted molar refractivity (Wildman–Crippen MR) is 151 cm³/mol. The van der Waals surface area contributed by atoms with E-state index in [1.807, 2.05) is 30.3 Å². The largest absolute Gasteiger partial charge is 0.444 e. The molecule has 2 amide bonds. The first-order valence-corrected chi connectivity index (χ1v) is 15.3. The summed E-state index contributed by atoms with van der Waals surface area (Å²) < 4.78 is 31.4. The second-order valence-corrected chi connectivity index (χ2v) is 13.2. The smallest absolute Gasteiger partial charge is 0.408 e. The lowest BCUT2D eigenvalue weighted by atomic mass is 10.0. The van der Waals surface area contributed by atoms with E-state index in [9.17, 15) is 23.1 Å². The van der Waals surface area contributed by atoms with Crippen LogP contribution in [0.4, 0.5) is 4.79 Å². The van der Waals surface area contributed by atoms with Gasteiger partial charge in [-0.3, -0.25) is 4.79 Å². The van der Waals surface area contributed by atoms with Gasteiger partial charge in [0.2, 0.25) is 5.91 Å². The summed E-state index contributed by atoms with van der Waals surface area (Å²) in [5, 5.41) is 18.4. The van der Waals surface area contributed by atoms with E-state index in [-0.39, 0.29) is 5.75 Å². The second-order valence-electron chi connectivity index (χ2n) is 10.2. The van der Waals surface area contributed by atoms with E-state index in [0.717, 1.165) is 5.56 Å². The molecule has 1 aromatic heterocycles. The van der Waals surface area contributed by atoms with Gasteiger partial charge < -0.3 is 20.5 Å². The van der Waals surface area contributed by atoms with Gasteiger partial charge in [-0.25, -0.2) is 18.2 Å². The van der Waals surface area contributed by atoms with Crippen LogP contribution in [-0.2, 0) is 31.5 Å². The van der Waals surface area contributed by atoms with E-state index in [4.69, 9.17) is 4.74 Å². The molecule has 0 aliphatic carbocycles. The van der Waals surface area contributed by atoms with Crippen LogP contribution >= 0.6 is 11.3 Å². The highest BCUT2D eigenvalue weighted by Gasteiger charge is 2.33. The zero-order chi connectivity index (χ0) is 28.5. The van der Waals surface area contributed by atoms with Crippen molar-refractivity contribution in [2.75, 3.05) is 5.75 Å². The molecule has 11 heteroatoms. The van der Waals surface area contributed by atoms with Crippen LogP contribution in [0, 0.1) is 0 Å². The number of alkyl carbamates (subject to hydrolysis) is 1. The van der Waals surface area contributed by atoms with Gasteiger partial charge in [0.1, 0.15) is 22.8 Å². The minimum atomic E-state index is -3.83. The Morgan fingerprint density at radius 3 is 2.18 bits per heavy atom. The van der Waals surface area contributed by atoms with Crippen LogP contribution in [0.25, 0.3) is 0 Å². The number of nitrogens with one attached hydrogen (secondary N) is 2. The molecule has 0 fully saturated rings. The van der Waals surface area contributed by atoms with Crippen LogP contribution < -0.4 is 10.6 Å². The van der Waals surface area contributed by atoms with E-state index in [1.54, 1.807) is 62.7 Å². The number of carbonyl (C=O) groups excluding carboxylic acids is 2. The maximum absolute atomic E-state index is 13.5. The summed E-state index contributed by atoms with van der Waals surface area (Å²) in [5.41, 5.74) is 0.721. The molecule has 0 saturated carbocycles. The molecular formula is C28H35N3O6S2. The maximum atomic E-state index is 13.5. The van der Waals surface area contributed by atoms with Gasteiger partial charge in [-0.1, -0.05) is 60.7 Å². The standard InChI is InChI=1S/C28H35N3O6S2/c1-28(2,3)37-27(34)31-23(19-39(35,36)18-21-12-8-5-9-13-21)25(33)30-22(24(32)26-29-16-17-38-26)15-14-20-10-6-4-7-11-20/h4-13,16-17,22-24,32H,14-15,18-19H2,1-3H3,(H,30,33)(H,31,34)/t22-,23-,24+/m0/s1. The van der Waals surface area contributed by atoms with E-state index < -0.39 is 51.4 Å². The normalized spacial score (nSPS) is 14.2. The van der Waals surface area contributed by atoms with Crippen molar-refractivity contribution in [2.45, 2.75) is 63.2 Å². The quantitative estimate of drug-likeness (QED) is 0.300. The summed E-state index contributed by atoms with van der Waals surface area (Å²) in [4.78, 5) is 30.2. The van der Waals surface area contributed by atoms with E-state index in [0.29, 0.717) is 23.4 Å². The van der Waals surface area contributed by atoms with Gasteiger partial charge in [0.05, 0.1) is 17.5 Å². The van der Waals surface area contributed by atoms with Gasteiger partial charge in [-0.15, -0.1) is 11.3 Å².